The van der Waals surface area contributed by atoms with Crippen molar-refractivity contribution in [2.45, 2.75) is 51.6 Å². The molecular formula is C26H34N2O3. The normalized spacial score (nSPS) is 19.1. The van der Waals surface area contributed by atoms with E-state index < -0.39 is 0 Å². The van der Waals surface area contributed by atoms with E-state index in [0.29, 0.717) is 6.54 Å². The van der Waals surface area contributed by atoms with Gasteiger partial charge in [0.2, 0.25) is 5.91 Å². The van der Waals surface area contributed by atoms with Crippen LogP contribution in [0.1, 0.15) is 54.0 Å². The van der Waals surface area contributed by atoms with E-state index in [1.807, 2.05) is 0 Å². The van der Waals surface area contributed by atoms with Crippen LogP contribution in [0.2, 0.25) is 0 Å². The van der Waals surface area contributed by atoms with Crippen LogP contribution in [-0.2, 0) is 17.8 Å². The standard InChI is InChI=1S/C26H34N2O3/c1-18-8-10-19(11-9-18)17-28-13-12-21-14-24(30-2)25(31-3)15-22(21)23(28)16-27-26(29)20-6-4-5-7-20/h8-11,14-15,20,23H,4-7,12-13,16-17H2,1-3H3,(H,27,29). The first-order valence-electron chi connectivity index (χ1n) is 11.4. The number of benzene rings is 2. The minimum atomic E-state index is 0.107. The maximum Gasteiger partial charge on any atom is 0.223 e. The van der Waals surface area contributed by atoms with E-state index in [0.717, 1.165) is 43.9 Å². The predicted molar refractivity (Wildman–Crippen MR) is 123 cm³/mol. The van der Waals surface area contributed by atoms with Gasteiger partial charge in [0.15, 0.2) is 11.5 Å². The molecule has 2 aliphatic rings. The fraction of sp³-hybridized carbons (Fsp3) is 0.500. The number of nitrogens with zero attached hydrogens (tertiary/aromatic N) is 1. The Morgan fingerprint density at radius 1 is 1.06 bits per heavy atom. The van der Waals surface area contributed by atoms with E-state index in [1.165, 1.54) is 35.1 Å². The van der Waals surface area contributed by atoms with E-state index >= 15 is 0 Å². The molecule has 1 amide bonds. The fourth-order valence-corrected chi connectivity index (χ4v) is 4.97. The molecule has 166 valence electrons. The van der Waals surface area contributed by atoms with Crippen molar-refractivity contribution >= 4 is 5.91 Å². The summed E-state index contributed by atoms with van der Waals surface area (Å²) < 4.78 is 11.1. The van der Waals surface area contributed by atoms with Gasteiger partial charge in [-0.05, 0) is 55.0 Å². The number of fused-ring (bicyclic) bond motifs is 1. The summed E-state index contributed by atoms with van der Waals surface area (Å²) in [6.07, 6.45) is 5.33. The van der Waals surface area contributed by atoms with Crippen molar-refractivity contribution in [1.29, 1.82) is 0 Å². The lowest BCUT2D eigenvalue weighted by Gasteiger charge is -2.38. The van der Waals surface area contributed by atoms with Crippen LogP contribution >= 0.6 is 0 Å². The maximum atomic E-state index is 12.8. The molecule has 0 bridgehead atoms. The highest BCUT2D eigenvalue weighted by Gasteiger charge is 2.31. The summed E-state index contributed by atoms with van der Waals surface area (Å²) in [4.78, 5) is 15.2. The van der Waals surface area contributed by atoms with Crippen molar-refractivity contribution in [1.82, 2.24) is 10.2 Å². The van der Waals surface area contributed by atoms with E-state index in [1.54, 1.807) is 14.2 Å². The second-order valence-electron chi connectivity index (χ2n) is 8.85. The second-order valence-corrected chi connectivity index (χ2v) is 8.85. The molecule has 1 heterocycles. The molecule has 2 aromatic carbocycles. The molecule has 0 radical (unpaired) electrons. The molecule has 31 heavy (non-hydrogen) atoms. The van der Waals surface area contributed by atoms with Crippen molar-refractivity contribution in [3.05, 3.63) is 58.7 Å². The summed E-state index contributed by atoms with van der Waals surface area (Å²) in [7, 11) is 3.35. The summed E-state index contributed by atoms with van der Waals surface area (Å²) in [5.74, 6) is 1.90. The SMILES string of the molecule is COc1cc2c(cc1OC)C(CNC(=O)C1CCCC1)N(Cc1ccc(C)cc1)CC2. The number of aryl methyl sites for hydroxylation is 1. The van der Waals surface area contributed by atoms with Crippen LogP contribution in [0.4, 0.5) is 0 Å². The Morgan fingerprint density at radius 3 is 2.42 bits per heavy atom. The van der Waals surface area contributed by atoms with E-state index in [-0.39, 0.29) is 17.9 Å². The summed E-state index contributed by atoms with van der Waals surface area (Å²) in [5, 5.41) is 3.27. The molecule has 0 aromatic heterocycles. The van der Waals surface area contributed by atoms with Gasteiger partial charge in [-0.1, -0.05) is 42.7 Å². The molecule has 2 aromatic rings. The smallest absolute Gasteiger partial charge is 0.223 e. The molecule has 1 aliphatic heterocycles. The van der Waals surface area contributed by atoms with E-state index in [2.05, 4.69) is 53.5 Å². The Kier molecular flexibility index (Phi) is 6.81. The first-order valence-corrected chi connectivity index (χ1v) is 11.4. The predicted octanol–water partition coefficient (Wildman–Crippen LogP) is 4.42. The van der Waals surface area contributed by atoms with Crippen molar-refractivity contribution in [2.75, 3.05) is 27.3 Å². The molecule has 1 N–H and O–H groups in total. The number of hydrogen-bond acceptors (Lipinski definition) is 4. The van der Waals surface area contributed by atoms with Crippen molar-refractivity contribution in [3.63, 3.8) is 0 Å². The Bertz CT molecular complexity index is 904. The number of rotatable bonds is 7. The number of amides is 1. The highest BCUT2D eigenvalue weighted by Crippen LogP contribution is 2.38. The minimum absolute atomic E-state index is 0.107. The highest BCUT2D eigenvalue weighted by molar-refractivity contribution is 5.78. The first kappa shape index (κ1) is 21.7. The van der Waals surface area contributed by atoms with Gasteiger partial charge in [0, 0.05) is 25.6 Å². The lowest BCUT2D eigenvalue weighted by molar-refractivity contribution is -0.125. The van der Waals surface area contributed by atoms with Gasteiger partial charge in [0.05, 0.1) is 20.3 Å². The van der Waals surface area contributed by atoms with Crippen LogP contribution in [0.3, 0.4) is 0 Å². The van der Waals surface area contributed by atoms with Crippen molar-refractivity contribution in [2.24, 2.45) is 5.92 Å². The molecule has 5 nitrogen and oxygen atoms in total. The maximum absolute atomic E-state index is 12.8. The minimum Gasteiger partial charge on any atom is -0.493 e. The van der Waals surface area contributed by atoms with Gasteiger partial charge in [0.25, 0.3) is 0 Å². The molecule has 1 fully saturated rings. The van der Waals surface area contributed by atoms with Crippen LogP contribution in [0.25, 0.3) is 0 Å². The van der Waals surface area contributed by atoms with E-state index in [4.69, 9.17) is 9.47 Å². The van der Waals surface area contributed by atoms with Gasteiger partial charge < -0.3 is 14.8 Å². The summed E-state index contributed by atoms with van der Waals surface area (Å²) in [6.45, 7) is 4.53. The molecule has 5 heteroatoms. The molecule has 0 spiro atoms. The zero-order valence-corrected chi connectivity index (χ0v) is 18.9. The summed E-state index contributed by atoms with van der Waals surface area (Å²) in [5.41, 5.74) is 5.06. The van der Waals surface area contributed by atoms with Gasteiger partial charge in [-0.15, -0.1) is 0 Å². The van der Waals surface area contributed by atoms with Gasteiger partial charge in [-0.2, -0.15) is 0 Å². The van der Waals surface area contributed by atoms with Crippen LogP contribution < -0.4 is 14.8 Å². The number of carbonyl (C=O) groups excluding carboxylic acids is 1. The van der Waals surface area contributed by atoms with E-state index in [9.17, 15) is 4.79 Å². The zero-order chi connectivity index (χ0) is 21.8. The first-order chi connectivity index (χ1) is 15.1. The van der Waals surface area contributed by atoms with Gasteiger partial charge in [0.1, 0.15) is 0 Å². The Hall–Kier alpha value is -2.53. The highest BCUT2D eigenvalue weighted by atomic mass is 16.5. The monoisotopic (exact) mass is 422 g/mol. The fourth-order valence-electron chi connectivity index (χ4n) is 4.97. The number of nitrogens with one attached hydrogen (secondary N) is 1. The third kappa shape index (κ3) is 4.87. The van der Waals surface area contributed by atoms with Crippen LogP contribution in [0.15, 0.2) is 36.4 Å². The average molecular weight is 423 g/mol. The molecule has 1 unspecified atom stereocenters. The Morgan fingerprint density at radius 2 is 1.74 bits per heavy atom. The van der Waals surface area contributed by atoms with Crippen molar-refractivity contribution < 1.29 is 14.3 Å². The molecule has 0 saturated heterocycles. The largest absolute Gasteiger partial charge is 0.493 e. The molecule has 1 saturated carbocycles. The topological polar surface area (TPSA) is 50.8 Å². The lowest BCUT2D eigenvalue weighted by atomic mass is 9.91. The van der Waals surface area contributed by atoms with Gasteiger partial charge >= 0.3 is 0 Å². The number of carbonyl (C=O) groups is 1. The van der Waals surface area contributed by atoms with Crippen molar-refractivity contribution in [3.8, 4) is 11.5 Å². The lowest BCUT2D eigenvalue weighted by Crippen LogP contribution is -2.43. The molecule has 1 atom stereocenters. The van der Waals surface area contributed by atoms with Gasteiger partial charge in [-0.3, -0.25) is 9.69 Å². The quantitative estimate of drug-likeness (QED) is 0.718. The number of methoxy groups -OCH3 is 2. The summed E-state index contributed by atoms with van der Waals surface area (Å²) in [6, 6.07) is 13.0. The van der Waals surface area contributed by atoms with Crippen LogP contribution in [0, 0.1) is 12.8 Å². The number of ether oxygens (including phenoxy) is 2. The third-order valence-corrected chi connectivity index (χ3v) is 6.82. The molecule has 4 rings (SSSR count). The Balaban J connectivity index is 1.59. The van der Waals surface area contributed by atoms with Crippen LogP contribution in [0.5, 0.6) is 11.5 Å². The Labute approximate surface area is 185 Å². The zero-order valence-electron chi connectivity index (χ0n) is 18.9. The summed E-state index contributed by atoms with van der Waals surface area (Å²) >= 11 is 0. The molecule has 1 aliphatic carbocycles. The average Bonchev–Trinajstić information content (AvgIpc) is 3.33. The second kappa shape index (κ2) is 9.73. The number of hydrogen-bond donors (Lipinski definition) is 1. The third-order valence-electron chi connectivity index (χ3n) is 6.82. The van der Waals surface area contributed by atoms with Gasteiger partial charge in [-0.25, -0.2) is 0 Å². The van der Waals surface area contributed by atoms with Crippen LogP contribution in [-0.4, -0.2) is 38.1 Å². The molecular weight excluding hydrogens is 388 g/mol.